The van der Waals surface area contributed by atoms with E-state index in [9.17, 15) is 4.79 Å². The normalized spacial score (nSPS) is 17.0. The second-order valence-electron chi connectivity index (χ2n) is 6.17. The third kappa shape index (κ3) is 5.00. The van der Waals surface area contributed by atoms with Crippen LogP contribution in [0.5, 0.6) is 0 Å². The second kappa shape index (κ2) is 8.15. The number of ether oxygens (including phenoxy) is 1. The fourth-order valence-corrected chi connectivity index (χ4v) is 2.57. The van der Waals surface area contributed by atoms with Crippen LogP contribution in [-0.2, 0) is 4.74 Å². The van der Waals surface area contributed by atoms with E-state index in [4.69, 9.17) is 4.74 Å². The van der Waals surface area contributed by atoms with Crippen LogP contribution in [0, 0.1) is 5.92 Å². The molecule has 0 aliphatic carbocycles. The fraction of sp³-hybridized carbons (Fsp3) is 0.588. The number of rotatable bonds is 6. The first-order chi connectivity index (χ1) is 10.6. The third-order valence-electron chi connectivity index (χ3n) is 3.93. The Morgan fingerprint density at radius 2 is 1.91 bits per heavy atom. The van der Waals surface area contributed by atoms with Crippen molar-refractivity contribution < 1.29 is 9.53 Å². The largest absolute Gasteiger partial charge is 0.379 e. The molecule has 122 valence electrons. The maximum absolute atomic E-state index is 12.2. The van der Waals surface area contributed by atoms with Crippen molar-refractivity contribution in [3.63, 3.8) is 0 Å². The molecular formula is C17H27N3O2. The first-order valence-electron chi connectivity index (χ1n) is 7.92. The average Bonchev–Trinajstić information content (AvgIpc) is 2.53. The lowest BCUT2D eigenvalue weighted by Gasteiger charge is -2.29. The summed E-state index contributed by atoms with van der Waals surface area (Å²) in [4.78, 5) is 16.6. The van der Waals surface area contributed by atoms with Gasteiger partial charge in [0.05, 0.1) is 13.2 Å². The van der Waals surface area contributed by atoms with Crippen LogP contribution in [0.1, 0.15) is 17.3 Å². The van der Waals surface area contributed by atoms with Gasteiger partial charge in [0.15, 0.2) is 0 Å². The number of carbonyl (C=O) groups excluding carboxylic acids is 1. The zero-order valence-electron chi connectivity index (χ0n) is 13.8. The van der Waals surface area contributed by atoms with Gasteiger partial charge in [0.1, 0.15) is 0 Å². The first kappa shape index (κ1) is 16.8. The lowest BCUT2D eigenvalue weighted by molar-refractivity contribution is 0.0317. The molecule has 5 heteroatoms. The number of nitrogens with zero attached hydrogens (tertiary/aromatic N) is 2. The van der Waals surface area contributed by atoms with Crippen molar-refractivity contribution in [3.05, 3.63) is 29.8 Å². The molecule has 2 rings (SSSR count). The van der Waals surface area contributed by atoms with Crippen molar-refractivity contribution in [1.82, 2.24) is 10.2 Å². The summed E-state index contributed by atoms with van der Waals surface area (Å²) < 4.78 is 5.35. The highest BCUT2D eigenvalue weighted by Crippen LogP contribution is 2.12. The number of nitrogens with one attached hydrogen (secondary N) is 1. The molecule has 0 saturated carbocycles. The number of anilines is 1. The Balaban J connectivity index is 1.76. The number of hydrogen-bond donors (Lipinski definition) is 1. The highest BCUT2D eigenvalue weighted by molar-refractivity contribution is 5.94. The minimum absolute atomic E-state index is 0.000802. The fourth-order valence-electron chi connectivity index (χ4n) is 2.57. The summed E-state index contributed by atoms with van der Waals surface area (Å²) in [6.07, 6.45) is 0. The van der Waals surface area contributed by atoms with E-state index in [1.54, 1.807) is 0 Å². The van der Waals surface area contributed by atoms with Gasteiger partial charge < -0.3 is 15.0 Å². The van der Waals surface area contributed by atoms with E-state index < -0.39 is 0 Å². The molecule has 1 atom stereocenters. The predicted octanol–water partition coefficient (Wildman–Crippen LogP) is 1.45. The van der Waals surface area contributed by atoms with Gasteiger partial charge in [-0.2, -0.15) is 0 Å². The van der Waals surface area contributed by atoms with Crippen LogP contribution in [0.4, 0.5) is 5.69 Å². The van der Waals surface area contributed by atoms with E-state index in [1.807, 2.05) is 43.3 Å². The highest BCUT2D eigenvalue weighted by atomic mass is 16.5. The molecule has 1 aliphatic heterocycles. The minimum atomic E-state index is -0.000802. The van der Waals surface area contributed by atoms with Crippen LogP contribution in [-0.4, -0.2) is 64.3 Å². The number of hydrogen-bond acceptors (Lipinski definition) is 4. The van der Waals surface area contributed by atoms with Gasteiger partial charge in [0.25, 0.3) is 5.91 Å². The Morgan fingerprint density at radius 3 is 2.50 bits per heavy atom. The van der Waals surface area contributed by atoms with Crippen molar-refractivity contribution in [2.45, 2.75) is 6.92 Å². The molecule has 1 amide bonds. The summed E-state index contributed by atoms with van der Waals surface area (Å²) in [5, 5.41) is 3.03. The number of amides is 1. The van der Waals surface area contributed by atoms with Gasteiger partial charge in [-0.15, -0.1) is 0 Å². The van der Waals surface area contributed by atoms with Crippen LogP contribution in [0.3, 0.4) is 0 Å². The van der Waals surface area contributed by atoms with E-state index in [0.29, 0.717) is 18.0 Å². The van der Waals surface area contributed by atoms with E-state index >= 15 is 0 Å². The van der Waals surface area contributed by atoms with E-state index in [1.165, 1.54) is 0 Å². The molecule has 1 aromatic carbocycles. The Labute approximate surface area is 133 Å². The monoisotopic (exact) mass is 305 g/mol. The Hall–Kier alpha value is -1.59. The Kier molecular flexibility index (Phi) is 6.21. The molecule has 0 bridgehead atoms. The lowest BCUT2D eigenvalue weighted by Crippen LogP contribution is -2.41. The van der Waals surface area contributed by atoms with Crippen LogP contribution in [0.25, 0.3) is 0 Å². The number of carbonyl (C=O) groups is 1. The quantitative estimate of drug-likeness (QED) is 0.864. The Bertz CT molecular complexity index is 467. The summed E-state index contributed by atoms with van der Waals surface area (Å²) in [7, 11) is 3.98. The minimum Gasteiger partial charge on any atom is -0.379 e. The number of morpholine rings is 1. The van der Waals surface area contributed by atoms with Gasteiger partial charge >= 0.3 is 0 Å². The average molecular weight is 305 g/mol. The van der Waals surface area contributed by atoms with E-state index in [0.717, 1.165) is 38.5 Å². The van der Waals surface area contributed by atoms with Crippen LogP contribution in [0.2, 0.25) is 0 Å². The zero-order valence-corrected chi connectivity index (χ0v) is 13.8. The maximum Gasteiger partial charge on any atom is 0.251 e. The molecule has 1 aromatic rings. The smallest absolute Gasteiger partial charge is 0.251 e. The molecule has 1 saturated heterocycles. The van der Waals surface area contributed by atoms with Gasteiger partial charge in [0, 0.05) is 51.5 Å². The molecule has 0 spiro atoms. The molecule has 1 unspecified atom stereocenters. The first-order valence-corrected chi connectivity index (χ1v) is 7.92. The predicted molar refractivity (Wildman–Crippen MR) is 89.5 cm³/mol. The molecule has 0 radical (unpaired) electrons. The molecular weight excluding hydrogens is 278 g/mol. The van der Waals surface area contributed by atoms with Gasteiger partial charge in [-0.25, -0.2) is 0 Å². The van der Waals surface area contributed by atoms with E-state index in [-0.39, 0.29) is 5.91 Å². The van der Waals surface area contributed by atoms with Gasteiger partial charge in [0.2, 0.25) is 0 Å². The van der Waals surface area contributed by atoms with Crippen molar-refractivity contribution >= 4 is 11.6 Å². The van der Waals surface area contributed by atoms with Crippen LogP contribution in [0.15, 0.2) is 24.3 Å². The van der Waals surface area contributed by atoms with Gasteiger partial charge in [-0.1, -0.05) is 6.92 Å². The SMILES string of the molecule is CC(CNC(=O)c1ccc(N(C)C)cc1)CN1CCOCC1. The van der Waals surface area contributed by atoms with Crippen LogP contribution >= 0.6 is 0 Å². The van der Waals surface area contributed by atoms with Crippen molar-refractivity contribution in [2.24, 2.45) is 5.92 Å². The van der Waals surface area contributed by atoms with Crippen molar-refractivity contribution in [2.75, 3.05) is 58.4 Å². The maximum atomic E-state index is 12.2. The second-order valence-corrected chi connectivity index (χ2v) is 6.17. The molecule has 1 fully saturated rings. The summed E-state index contributed by atoms with van der Waals surface area (Å²) in [6, 6.07) is 7.67. The lowest BCUT2D eigenvalue weighted by atomic mass is 10.1. The summed E-state index contributed by atoms with van der Waals surface area (Å²) in [5.74, 6) is 0.433. The van der Waals surface area contributed by atoms with Gasteiger partial charge in [-0.05, 0) is 30.2 Å². The summed E-state index contributed by atoms with van der Waals surface area (Å²) in [5.41, 5.74) is 1.81. The topological polar surface area (TPSA) is 44.8 Å². The summed E-state index contributed by atoms with van der Waals surface area (Å²) in [6.45, 7) is 7.49. The summed E-state index contributed by atoms with van der Waals surface area (Å²) >= 11 is 0. The van der Waals surface area contributed by atoms with Crippen molar-refractivity contribution in [1.29, 1.82) is 0 Å². The van der Waals surface area contributed by atoms with Gasteiger partial charge in [-0.3, -0.25) is 9.69 Å². The molecule has 1 aliphatic rings. The molecule has 1 N–H and O–H groups in total. The molecule has 22 heavy (non-hydrogen) atoms. The zero-order chi connectivity index (χ0) is 15.9. The van der Waals surface area contributed by atoms with Crippen molar-refractivity contribution in [3.8, 4) is 0 Å². The standard InChI is InChI=1S/C17H27N3O2/c1-14(13-20-8-10-22-11-9-20)12-18-17(21)15-4-6-16(7-5-15)19(2)3/h4-7,14H,8-13H2,1-3H3,(H,18,21). The molecule has 1 heterocycles. The van der Waals surface area contributed by atoms with Crippen LogP contribution < -0.4 is 10.2 Å². The highest BCUT2D eigenvalue weighted by Gasteiger charge is 2.14. The third-order valence-corrected chi connectivity index (χ3v) is 3.93. The van der Waals surface area contributed by atoms with E-state index in [2.05, 4.69) is 17.1 Å². The number of benzene rings is 1. The Morgan fingerprint density at radius 1 is 1.27 bits per heavy atom. The molecule has 5 nitrogen and oxygen atoms in total. The molecule has 0 aromatic heterocycles.